The van der Waals surface area contributed by atoms with Crippen LogP contribution >= 0.6 is 15.9 Å². The summed E-state index contributed by atoms with van der Waals surface area (Å²) in [5.74, 6) is 0. The van der Waals surface area contributed by atoms with E-state index in [2.05, 4.69) is 251 Å². The lowest BCUT2D eigenvalue weighted by Gasteiger charge is -2.34. The fourth-order valence-electron chi connectivity index (χ4n) is 11.7. The normalized spacial score (nSPS) is 15.7. The van der Waals surface area contributed by atoms with Crippen LogP contribution in [0.2, 0.25) is 0 Å². The predicted octanol–water partition coefficient (Wildman–Crippen LogP) is 15.8. The maximum absolute atomic E-state index is 4.03. The van der Waals surface area contributed by atoms with Gasteiger partial charge in [0.05, 0.1) is 16.5 Å². The van der Waals surface area contributed by atoms with Crippen LogP contribution in [0.4, 0.5) is 17.1 Å². The summed E-state index contributed by atoms with van der Waals surface area (Å²) in [6.07, 6.45) is 0. The molecule has 0 heterocycles. The Kier molecular flexibility index (Phi) is 7.65. The molecular formula is C60H38BrN. The number of nitrogens with zero attached hydrogens (tertiary/aromatic N) is 1. The molecule has 1 unspecified atom stereocenters. The summed E-state index contributed by atoms with van der Waals surface area (Å²) in [4.78, 5) is 2.51. The van der Waals surface area contributed by atoms with E-state index >= 15 is 0 Å². The lowest BCUT2D eigenvalue weighted by atomic mass is 9.68. The predicted molar refractivity (Wildman–Crippen MR) is 260 cm³/mol. The zero-order chi connectivity index (χ0) is 41.0. The Balaban J connectivity index is 1.12. The van der Waals surface area contributed by atoms with Gasteiger partial charge in [0.15, 0.2) is 0 Å². The number of para-hydroxylation sites is 1. The molecular weight excluding hydrogens is 815 g/mol. The molecule has 0 saturated carbocycles. The minimum Gasteiger partial charge on any atom is -0.310 e. The zero-order valence-corrected chi connectivity index (χ0v) is 35.4. The van der Waals surface area contributed by atoms with Crippen molar-refractivity contribution in [3.05, 3.63) is 280 Å². The SMILES string of the molecule is Brc1cccc2c1-c1ccccc1C21c2ccccc2-c2c1cc(N(c1ccccc1)c1ccc3c(c1)-c1ccccc1C3(c1ccccc1)c1ccccc1)c1ccccc21. The molecule has 0 radical (unpaired) electrons. The van der Waals surface area contributed by atoms with Crippen LogP contribution in [0.5, 0.6) is 0 Å². The zero-order valence-electron chi connectivity index (χ0n) is 33.8. The van der Waals surface area contributed by atoms with E-state index in [0.717, 1.165) is 21.5 Å². The Labute approximate surface area is 370 Å². The van der Waals surface area contributed by atoms with Gasteiger partial charge in [0.25, 0.3) is 0 Å². The molecule has 3 aliphatic carbocycles. The van der Waals surface area contributed by atoms with Crippen molar-refractivity contribution < 1.29 is 0 Å². The minimum atomic E-state index is -0.509. The number of fused-ring (bicyclic) bond motifs is 15. The van der Waals surface area contributed by atoms with E-state index in [1.807, 2.05) is 0 Å². The molecule has 0 amide bonds. The van der Waals surface area contributed by atoms with E-state index in [0.29, 0.717) is 0 Å². The van der Waals surface area contributed by atoms with Crippen molar-refractivity contribution in [1.82, 2.24) is 0 Å². The second-order valence-electron chi connectivity index (χ2n) is 16.8. The summed E-state index contributed by atoms with van der Waals surface area (Å²) in [5, 5.41) is 2.47. The first kappa shape index (κ1) is 35.5. The molecule has 0 bridgehead atoms. The van der Waals surface area contributed by atoms with Gasteiger partial charge in [-0.25, -0.2) is 0 Å². The van der Waals surface area contributed by atoms with E-state index in [-0.39, 0.29) is 0 Å². The summed E-state index contributed by atoms with van der Waals surface area (Å²) in [5.41, 5.74) is 20.5. The van der Waals surface area contributed by atoms with Crippen molar-refractivity contribution >= 4 is 43.8 Å². The Bertz CT molecular complexity index is 3390. The first-order valence-electron chi connectivity index (χ1n) is 21.5. The first-order valence-corrected chi connectivity index (χ1v) is 22.3. The average molecular weight is 853 g/mol. The van der Waals surface area contributed by atoms with Crippen molar-refractivity contribution in [3.8, 4) is 33.4 Å². The summed E-state index contributed by atoms with van der Waals surface area (Å²) in [6, 6.07) is 85.9. The third-order valence-corrected chi connectivity index (χ3v) is 14.7. The highest BCUT2D eigenvalue weighted by Crippen LogP contribution is 2.66. The molecule has 0 saturated heterocycles. The molecule has 13 rings (SSSR count). The molecule has 3 aliphatic rings. The summed E-state index contributed by atoms with van der Waals surface area (Å²) in [6.45, 7) is 0. The molecule has 1 spiro atoms. The van der Waals surface area contributed by atoms with Crippen molar-refractivity contribution in [1.29, 1.82) is 0 Å². The van der Waals surface area contributed by atoms with Crippen molar-refractivity contribution in [2.75, 3.05) is 4.90 Å². The van der Waals surface area contributed by atoms with Gasteiger partial charge in [-0.3, -0.25) is 0 Å². The second kappa shape index (κ2) is 13.4. The van der Waals surface area contributed by atoms with Gasteiger partial charge in [-0.1, -0.05) is 210 Å². The molecule has 0 aliphatic heterocycles. The molecule has 2 heteroatoms. The Morgan fingerprint density at radius 1 is 0.306 bits per heavy atom. The van der Waals surface area contributed by atoms with E-state index in [1.165, 1.54) is 88.7 Å². The topological polar surface area (TPSA) is 3.24 Å². The number of benzene rings is 10. The highest BCUT2D eigenvalue weighted by Gasteiger charge is 2.53. The molecule has 10 aromatic rings. The van der Waals surface area contributed by atoms with E-state index in [9.17, 15) is 0 Å². The quantitative estimate of drug-likeness (QED) is 0.167. The van der Waals surface area contributed by atoms with Crippen molar-refractivity contribution in [2.45, 2.75) is 10.8 Å². The smallest absolute Gasteiger partial charge is 0.0726 e. The van der Waals surface area contributed by atoms with Gasteiger partial charge in [-0.2, -0.15) is 0 Å². The lowest BCUT2D eigenvalue weighted by molar-refractivity contribution is 0.768. The van der Waals surface area contributed by atoms with Crippen LogP contribution in [0.1, 0.15) is 44.5 Å². The molecule has 0 aromatic heterocycles. The molecule has 10 aromatic carbocycles. The van der Waals surface area contributed by atoms with Crippen LogP contribution in [0, 0.1) is 0 Å². The monoisotopic (exact) mass is 851 g/mol. The summed E-state index contributed by atoms with van der Waals surface area (Å²) in [7, 11) is 0. The highest BCUT2D eigenvalue weighted by atomic mass is 79.9. The van der Waals surface area contributed by atoms with Crippen LogP contribution in [0.3, 0.4) is 0 Å². The second-order valence-corrected chi connectivity index (χ2v) is 17.7. The number of halogens is 1. The molecule has 0 fully saturated rings. The Hall–Kier alpha value is -7.26. The highest BCUT2D eigenvalue weighted by molar-refractivity contribution is 9.10. The fourth-order valence-corrected chi connectivity index (χ4v) is 12.3. The van der Waals surface area contributed by atoms with Crippen molar-refractivity contribution in [3.63, 3.8) is 0 Å². The molecule has 0 N–H and O–H groups in total. The standard InChI is InChI=1S/C60H38BrN/c61-55-34-18-33-53-58(55)47-29-14-17-32-51(47)60(53)50-31-16-13-28-46(50)57-45-27-11-10-26-44(45)56(38-54(57)60)62(41-23-8-3-9-24-41)42-35-36-52-48(37-42)43-25-12-15-30-49(43)59(52,39-19-4-1-5-20-39)40-21-6-2-7-22-40/h1-38H. The van der Waals surface area contributed by atoms with Crippen LogP contribution in [0.25, 0.3) is 44.2 Å². The van der Waals surface area contributed by atoms with Gasteiger partial charge < -0.3 is 4.90 Å². The third-order valence-electron chi connectivity index (χ3n) is 14.0. The maximum atomic E-state index is 4.03. The molecule has 290 valence electrons. The van der Waals surface area contributed by atoms with Gasteiger partial charge in [-0.05, 0) is 114 Å². The van der Waals surface area contributed by atoms with Crippen LogP contribution in [0.15, 0.2) is 235 Å². The van der Waals surface area contributed by atoms with Gasteiger partial charge in [-0.15, -0.1) is 0 Å². The van der Waals surface area contributed by atoms with Crippen molar-refractivity contribution in [2.24, 2.45) is 0 Å². The van der Waals surface area contributed by atoms with Gasteiger partial charge in [0.1, 0.15) is 0 Å². The van der Waals surface area contributed by atoms with Gasteiger partial charge in [0.2, 0.25) is 0 Å². The Morgan fingerprint density at radius 3 is 1.47 bits per heavy atom. The average Bonchev–Trinajstić information content (AvgIpc) is 3.93. The van der Waals surface area contributed by atoms with Crippen LogP contribution in [-0.4, -0.2) is 0 Å². The largest absolute Gasteiger partial charge is 0.310 e. The first-order chi connectivity index (χ1) is 30.7. The molecule has 62 heavy (non-hydrogen) atoms. The Morgan fingerprint density at radius 2 is 0.806 bits per heavy atom. The molecule has 1 atom stereocenters. The number of anilines is 3. The maximum Gasteiger partial charge on any atom is 0.0726 e. The third kappa shape index (κ3) is 4.57. The van der Waals surface area contributed by atoms with Crippen LogP contribution < -0.4 is 4.90 Å². The van der Waals surface area contributed by atoms with E-state index < -0.39 is 10.8 Å². The number of hydrogen-bond donors (Lipinski definition) is 0. The van der Waals surface area contributed by atoms with Gasteiger partial charge >= 0.3 is 0 Å². The van der Waals surface area contributed by atoms with E-state index in [1.54, 1.807) is 0 Å². The number of hydrogen-bond acceptors (Lipinski definition) is 1. The lowest BCUT2D eigenvalue weighted by Crippen LogP contribution is -2.28. The minimum absolute atomic E-state index is 0.472. The number of rotatable bonds is 5. The van der Waals surface area contributed by atoms with E-state index in [4.69, 9.17) is 0 Å². The van der Waals surface area contributed by atoms with Crippen LogP contribution in [-0.2, 0) is 10.8 Å². The summed E-state index contributed by atoms with van der Waals surface area (Å²) < 4.78 is 1.12. The summed E-state index contributed by atoms with van der Waals surface area (Å²) >= 11 is 4.03. The van der Waals surface area contributed by atoms with Gasteiger partial charge in [0, 0.05) is 26.8 Å². The fraction of sp³-hybridized carbons (Fsp3) is 0.0333. The molecule has 1 nitrogen and oxygen atoms in total.